The highest BCUT2D eigenvalue weighted by Crippen LogP contribution is 2.26. The van der Waals surface area contributed by atoms with Gasteiger partial charge in [-0.25, -0.2) is 10.1 Å². The van der Waals surface area contributed by atoms with Crippen LogP contribution >= 0.6 is 0 Å². The lowest BCUT2D eigenvalue weighted by Crippen LogP contribution is -2.19. The molecule has 0 aliphatic heterocycles. The van der Waals surface area contributed by atoms with E-state index in [9.17, 15) is 4.79 Å². The zero-order valence-electron chi connectivity index (χ0n) is 17.2. The summed E-state index contributed by atoms with van der Waals surface area (Å²) in [6.45, 7) is 2.70. The molecule has 2 aromatic carbocycles. The normalized spacial score (nSPS) is 11.0. The molecule has 0 aliphatic rings. The van der Waals surface area contributed by atoms with E-state index in [0.29, 0.717) is 17.9 Å². The predicted molar refractivity (Wildman–Crippen MR) is 116 cm³/mol. The van der Waals surface area contributed by atoms with Gasteiger partial charge in [-0.05, 0) is 46.6 Å². The van der Waals surface area contributed by atoms with E-state index in [-0.39, 0.29) is 17.3 Å². The Balaban J connectivity index is 1.55. The maximum Gasteiger partial charge on any atom is 0.294 e. The van der Waals surface area contributed by atoms with Gasteiger partial charge in [0.15, 0.2) is 5.69 Å². The van der Waals surface area contributed by atoms with Gasteiger partial charge in [0.2, 0.25) is 11.6 Å². The first-order chi connectivity index (χ1) is 15.7. The minimum atomic E-state index is -0.552. The minimum absolute atomic E-state index is 0.0171. The van der Waals surface area contributed by atoms with Crippen LogP contribution in [0.1, 0.15) is 29.4 Å². The van der Waals surface area contributed by atoms with Gasteiger partial charge in [-0.2, -0.15) is 9.78 Å². The molecule has 0 radical (unpaired) electrons. The lowest BCUT2D eigenvalue weighted by molar-refractivity contribution is 0.0950. The third-order valence-electron chi connectivity index (χ3n) is 4.36. The van der Waals surface area contributed by atoms with Gasteiger partial charge in [0, 0.05) is 5.56 Å². The largest absolute Gasteiger partial charge is 0.494 e. The maximum absolute atomic E-state index is 12.8. The van der Waals surface area contributed by atoms with Crippen molar-refractivity contribution in [2.24, 2.45) is 5.10 Å². The summed E-state index contributed by atoms with van der Waals surface area (Å²) in [7, 11) is 0. The van der Waals surface area contributed by atoms with Crippen LogP contribution < -0.4 is 15.9 Å². The molecule has 2 aromatic heterocycles. The quantitative estimate of drug-likeness (QED) is 0.319. The number of carbonyl (C=O) groups excluding carboxylic acids is 1. The summed E-state index contributed by atoms with van der Waals surface area (Å²) in [6.07, 6.45) is 2.46. The molecule has 32 heavy (non-hydrogen) atoms. The first-order valence-electron chi connectivity index (χ1n) is 9.83. The van der Waals surface area contributed by atoms with Crippen LogP contribution in [0.2, 0.25) is 0 Å². The lowest BCUT2D eigenvalue weighted by Gasteiger charge is -2.05. The van der Waals surface area contributed by atoms with Crippen molar-refractivity contribution >= 4 is 17.9 Å². The van der Waals surface area contributed by atoms with Crippen LogP contribution in [0, 0.1) is 0 Å². The Morgan fingerprint density at radius 2 is 1.97 bits per heavy atom. The number of hydrogen-bond acceptors (Lipinski definition) is 9. The number of aromatic nitrogens is 5. The number of anilines is 1. The van der Waals surface area contributed by atoms with Crippen molar-refractivity contribution in [1.29, 1.82) is 0 Å². The van der Waals surface area contributed by atoms with Crippen molar-refractivity contribution in [3.8, 4) is 22.8 Å². The van der Waals surface area contributed by atoms with E-state index in [0.717, 1.165) is 17.7 Å². The van der Waals surface area contributed by atoms with E-state index in [2.05, 4.69) is 35.8 Å². The number of ether oxygens (including phenoxy) is 1. The highest BCUT2D eigenvalue weighted by Gasteiger charge is 2.24. The first-order valence-corrected chi connectivity index (χ1v) is 9.83. The second-order valence-corrected chi connectivity index (χ2v) is 6.65. The van der Waals surface area contributed by atoms with Gasteiger partial charge in [-0.1, -0.05) is 42.5 Å². The molecule has 0 saturated carbocycles. The van der Waals surface area contributed by atoms with Crippen molar-refractivity contribution in [1.82, 2.24) is 30.7 Å². The van der Waals surface area contributed by atoms with E-state index in [4.69, 9.17) is 10.5 Å². The van der Waals surface area contributed by atoms with E-state index in [1.165, 1.54) is 10.9 Å². The fraction of sp³-hybridized carbons (Fsp3) is 0.143. The van der Waals surface area contributed by atoms with E-state index in [1.807, 2.05) is 49.4 Å². The van der Waals surface area contributed by atoms with Crippen LogP contribution in [0.3, 0.4) is 0 Å². The highest BCUT2D eigenvalue weighted by molar-refractivity contribution is 5.98. The summed E-state index contributed by atoms with van der Waals surface area (Å²) in [5.74, 6) is 0.371. The number of nitrogens with two attached hydrogens (primary N) is 1. The van der Waals surface area contributed by atoms with Crippen molar-refractivity contribution in [2.75, 3.05) is 12.3 Å². The minimum Gasteiger partial charge on any atom is -0.494 e. The molecule has 0 unspecified atom stereocenters. The zero-order chi connectivity index (χ0) is 22.3. The van der Waals surface area contributed by atoms with Gasteiger partial charge in [-0.15, -0.1) is 5.10 Å². The molecule has 162 valence electrons. The molecule has 0 aliphatic carbocycles. The van der Waals surface area contributed by atoms with Crippen LogP contribution in [0.25, 0.3) is 17.1 Å². The first kappa shape index (κ1) is 20.7. The molecule has 3 N–H and O–H groups in total. The lowest BCUT2D eigenvalue weighted by atomic mass is 10.1. The standard InChI is InChI=1S/C21H20N8O3/c1-2-12-31-16-10-8-14(9-11-16)13-23-25-21(30)17-18(15-6-4-3-5-7-15)29(28-24-17)20-19(22)26-32-27-20/h3-11,13H,2,12H2,1H3,(H2,22,26)(H,25,30)/b23-13-. The predicted octanol–water partition coefficient (Wildman–Crippen LogP) is 2.45. The summed E-state index contributed by atoms with van der Waals surface area (Å²) < 4.78 is 11.5. The Morgan fingerprint density at radius 1 is 1.19 bits per heavy atom. The molecule has 4 rings (SSSR count). The smallest absolute Gasteiger partial charge is 0.294 e. The molecule has 11 heteroatoms. The summed E-state index contributed by atoms with van der Waals surface area (Å²) >= 11 is 0. The third kappa shape index (κ3) is 4.46. The number of rotatable bonds is 8. The van der Waals surface area contributed by atoms with Crippen LogP contribution in [-0.2, 0) is 0 Å². The fourth-order valence-corrected chi connectivity index (χ4v) is 2.86. The molecule has 4 aromatic rings. The second kappa shape index (κ2) is 9.51. The maximum atomic E-state index is 12.8. The van der Waals surface area contributed by atoms with Gasteiger partial charge in [-0.3, -0.25) is 4.79 Å². The Bertz CT molecular complexity index is 1220. The molecule has 2 heterocycles. The summed E-state index contributed by atoms with van der Waals surface area (Å²) in [6, 6.07) is 16.5. The SMILES string of the molecule is CCCOc1ccc(/C=N\NC(=O)c2nnn(-c3nonc3N)c2-c2ccccc2)cc1. The van der Waals surface area contributed by atoms with Gasteiger partial charge < -0.3 is 10.5 Å². The summed E-state index contributed by atoms with van der Waals surface area (Å²) in [5.41, 5.74) is 10.2. The van der Waals surface area contributed by atoms with Crippen LogP contribution in [0.5, 0.6) is 5.75 Å². The summed E-state index contributed by atoms with van der Waals surface area (Å²) in [4.78, 5) is 12.8. The van der Waals surface area contributed by atoms with Crippen LogP contribution in [0.4, 0.5) is 5.82 Å². The molecule has 11 nitrogen and oxygen atoms in total. The van der Waals surface area contributed by atoms with Gasteiger partial charge in [0.05, 0.1) is 12.8 Å². The molecule has 0 saturated heterocycles. The molecule has 1 amide bonds. The van der Waals surface area contributed by atoms with E-state index in [1.54, 1.807) is 12.1 Å². The monoisotopic (exact) mass is 432 g/mol. The number of hydrogen-bond donors (Lipinski definition) is 2. The Morgan fingerprint density at radius 3 is 2.66 bits per heavy atom. The zero-order valence-corrected chi connectivity index (χ0v) is 17.2. The molecular weight excluding hydrogens is 412 g/mol. The molecule has 0 atom stereocenters. The Hall–Kier alpha value is -4.54. The molecular formula is C21H20N8O3. The van der Waals surface area contributed by atoms with Crippen molar-refractivity contribution in [3.63, 3.8) is 0 Å². The highest BCUT2D eigenvalue weighted by atomic mass is 16.6. The van der Waals surface area contributed by atoms with Crippen LogP contribution in [0.15, 0.2) is 64.3 Å². The fourth-order valence-electron chi connectivity index (χ4n) is 2.86. The van der Waals surface area contributed by atoms with E-state index < -0.39 is 5.91 Å². The summed E-state index contributed by atoms with van der Waals surface area (Å²) in [5, 5.41) is 19.3. The molecule has 0 bridgehead atoms. The number of hydrazone groups is 1. The number of carbonyl (C=O) groups is 1. The third-order valence-corrected chi connectivity index (χ3v) is 4.36. The average molecular weight is 432 g/mol. The van der Waals surface area contributed by atoms with Crippen molar-refractivity contribution in [2.45, 2.75) is 13.3 Å². The number of nitrogen functional groups attached to an aromatic ring is 1. The number of nitrogens with zero attached hydrogens (tertiary/aromatic N) is 6. The molecule has 0 fully saturated rings. The van der Waals surface area contributed by atoms with Crippen LogP contribution in [-0.4, -0.2) is 44.0 Å². The van der Waals surface area contributed by atoms with Gasteiger partial charge in [0.25, 0.3) is 5.91 Å². The topological polar surface area (TPSA) is 146 Å². The van der Waals surface area contributed by atoms with Crippen molar-refractivity contribution < 1.29 is 14.2 Å². The second-order valence-electron chi connectivity index (χ2n) is 6.65. The number of benzene rings is 2. The van der Waals surface area contributed by atoms with Gasteiger partial charge >= 0.3 is 0 Å². The average Bonchev–Trinajstić information content (AvgIpc) is 3.45. The Kier molecular flexibility index (Phi) is 6.16. The van der Waals surface area contributed by atoms with E-state index >= 15 is 0 Å². The number of amides is 1. The number of nitrogens with one attached hydrogen (secondary N) is 1. The van der Waals surface area contributed by atoms with Crippen molar-refractivity contribution in [3.05, 3.63) is 65.9 Å². The molecule has 0 spiro atoms. The van der Waals surface area contributed by atoms with Gasteiger partial charge in [0.1, 0.15) is 11.4 Å². The Labute approximate surface area is 182 Å².